The molecule has 1 unspecified atom stereocenters. The zero-order valence-electron chi connectivity index (χ0n) is 13.7. The lowest BCUT2D eigenvalue weighted by atomic mass is 9.89. The van der Waals surface area contributed by atoms with Gasteiger partial charge in [-0.1, -0.05) is 6.07 Å². The minimum atomic E-state index is -4.69. The van der Waals surface area contributed by atoms with Crippen molar-refractivity contribution < 1.29 is 32.2 Å². The van der Waals surface area contributed by atoms with E-state index in [9.17, 15) is 18.0 Å². The second kappa shape index (κ2) is 6.52. The molecule has 1 atom stereocenters. The maximum atomic E-state index is 13.7. The van der Waals surface area contributed by atoms with Crippen molar-refractivity contribution >= 4 is 14.3 Å². The van der Waals surface area contributed by atoms with Crippen LogP contribution in [0.2, 0.25) is 19.6 Å². The van der Waals surface area contributed by atoms with E-state index in [1.54, 1.807) is 19.6 Å². The number of hydrogen-bond donors (Lipinski definition) is 1. The molecule has 0 aromatic heterocycles. The van der Waals surface area contributed by atoms with Crippen LogP contribution in [0.1, 0.15) is 18.1 Å². The molecule has 1 N–H and O–H groups in total. The van der Waals surface area contributed by atoms with Crippen LogP contribution in [-0.4, -0.2) is 32.7 Å². The highest BCUT2D eigenvalue weighted by atomic mass is 28.4. The summed E-state index contributed by atoms with van der Waals surface area (Å²) in [6, 6.07) is 3.91. The number of alkyl halides is 3. The predicted octanol–water partition coefficient (Wildman–Crippen LogP) is 3.95. The fraction of sp³-hybridized carbons (Fsp3) is 0.533. The zero-order valence-corrected chi connectivity index (χ0v) is 14.7. The first-order chi connectivity index (χ1) is 10.3. The minimum absolute atomic E-state index is 0.0231. The van der Waals surface area contributed by atoms with Crippen molar-refractivity contribution in [2.24, 2.45) is 0 Å². The van der Waals surface area contributed by atoms with Gasteiger partial charge in [-0.15, -0.1) is 0 Å². The summed E-state index contributed by atoms with van der Waals surface area (Å²) in [4.78, 5) is 11.0. The molecule has 23 heavy (non-hydrogen) atoms. The minimum Gasteiger partial charge on any atom is -0.497 e. The smallest absolute Gasteiger partial charge is 0.420 e. The summed E-state index contributed by atoms with van der Waals surface area (Å²) in [6.45, 7) is 5.89. The van der Waals surface area contributed by atoms with Gasteiger partial charge in [0.15, 0.2) is 13.9 Å². The third kappa shape index (κ3) is 4.71. The Morgan fingerprint density at radius 1 is 1.26 bits per heavy atom. The van der Waals surface area contributed by atoms with Crippen LogP contribution in [0.25, 0.3) is 0 Å². The van der Waals surface area contributed by atoms with E-state index < -0.39 is 32.5 Å². The number of methoxy groups -OCH3 is 1. The molecule has 0 aliphatic rings. The van der Waals surface area contributed by atoms with Crippen LogP contribution in [0, 0.1) is 0 Å². The summed E-state index contributed by atoms with van der Waals surface area (Å²) in [6.07, 6.45) is -5.23. The molecule has 0 aliphatic carbocycles. The zero-order chi connectivity index (χ0) is 18.1. The normalized spacial score (nSPS) is 15.1. The Bertz CT molecular complexity index is 581. The lowest BCUT2D eigenvalue weighted by Crippen LogP contribution is -2.49. The number of benzene rings is 1. The van der Waals surface area contributed by atoms with E-state index in [2.05, 4.69) is 0 Å². The molecule has 0 fully saturated rings. The maximum absolute atomic E-state index is 13.7. The molecule has 1 aromatic rings. The van der Waals surface area contributed by atoms with Crippen LogP contribution in [0.5, 0.6) is 5.75 Å². The van der Waals surface area contributed by atoms with E-state index in [0.717, 1.165) is 6.92 Å². The van der Waals surface area contributed by atoms with Gasteiger partial charge < -0.3 is 14.3 Å². The Balaban J connectivity index is 3.55. The Morgan fingerprint density at radius 2 is 1.83 bits per heavy atom. The number of carbonyl (C=O) groups is 1. The molecule has 0 amide bonds. The van der Waals surface area contributed by atoms with Crippen molar-refractivity contribution in [2.75, 3.05) is 7.11 Å². The van der Waals surface area contributed by atoms with Crippen molar-refractivity contribution in [3.63, 3.8) is 0 Å². The molecule has 0 saturated carbocycles. The van der Waals surface area contributed by atoms with Gasteiger partial charge in [-0.05, 0) is 49.8 Å². The summed E-state index contributed by atoms with van der Waals surface area (Å²) in [7, 11) is -1.21. The fourth-order valence-electron chi connectivity index (χ4n) is 2.35. The fourth-order valence-corrected chi connectivity index (χ4v) is 3.80. The lowest BCUT2D eigenvalue weighted by molar-refractivity contribution is -0.251. The Labute approximate surface area is 134 Å². The van der Waals surface area contributed by atoms with Crippen molar-refractivity contribution in [2.45, 2.75) is 44.8 Å². The van der Waals surface area contributed by atoms with Gasteiger partial charge in [-0.2, -0.15) is 13.2 Å². The number of ether oxygens (including phenoxy) is 1. The van der Waals surface area contributed by atoms with Crippen LogP contribution >= 0.6 is 0 Å². The highest BCUT2D eigenvalue weighted by Gasteiger charge is 2.56. The largest absolute Gasteiger partial charge is 0.497 e. The van der Waals surface area contributed by atoms with E-state index in [4.69, 9.17) is 14.3 Å². The number of hydrogen-bond acceptors (Lipinski definition) is 3. The van der Waals surface area contributed by atoms with Gasteiger partial charge in [-0.3, -0.25) is 4.79 Å². The molecular formula is C15H21F3O4Si. The molecule has 0 spiro atoms. The summed E-state index contributed by atoms with van der Waals surface area (Å²) in [5, 5.41) is 9.00. The summed E-state index contributed by atoms with van der Waals surface area (Å²) in [5.74, 6) is -0.931. The second-order valence-electron chi connectivity index (χ2n) is 6.34. The topological polar surface area (TPSA) is 55.8 Å². The van der Waals surface area contributed by atoms with Crippen molar-refractivity contribution in [1.29, 1.82) is 0 Å². The molecular weight excluding hydrogens is 329 g/mol. The lowest BCUT2D eigenvalue weighted by Gasteiger charge is -2.39. The number of rotatable bonds is 6. The summed E-state index contributed by atoms with van der Waals surface area (Å²) < 4.78 is 51.7. The highest BCUT2D eigenvalue weighted by Crippen LogP contribution is 2.45. The molecule has 0 heterocycles. The molecule has 4 nitrogen and oxygen atoms in total. The molecule has 8 heteroatoms. The van der Waals surface area contributed by atoms with Gasteiger partial charge in [0.25, 0.3) is 0 Å². The van der Waals surface area contributed by atoms with Crippen molar-refractivity contribution in [3.05, 3.63) is 29.3 Å². The number of halogens is 3. The summed E-state index contributed by atoms with van der Waals surface area (Å²) in [5.41, 5.74) is -2.75. The van der Waals surface area contributed by atoms with Gasteiger partial charge in [0.1, 0.15) is 5.75 Å². The van der Waals surface area contributed by atoms with E-state index in [1.807, 2.05) is 0 Å². The second-order valence-corrected chi connectivity index (χ2v) is 10.8. The number of carboxylic acids is 1. The third-order valence-corrected chi connectivity index (χ3v) is 4.24. The Hall–Kier alpha value is -1.54. The first-order valence-corrected chi connectivity index (χ1v) is 10.4. The Kier molecular flexibility index (Phi) is 5.53. The first kappa shape index (κ1) is 19.5. The van der Waals surface area contributed by atoms with E-state index in [0.29, 0.717) is 5.75 Å². The quantitative estimate of drug-likeness (QED) is 0.789. The van der Waals surface area contributed by atoms with Gasteiger partial charge in [-0.25, -0.2) is 0 Å². The first-order valence-electron chi connectivity index (χ1n) is 6.96. The van der Waals surface area contributed by atoms with Crippen molar-refractivity contribution in [1.82, 2.24) is 0 Å². The third-order valence-electron chi connectivity index (χ3n) is 3.22. The van der Waals surface area contributed by atoms with Crippen LogP contribution in [0.4, 0.5) is 13.2 Å². The molecule has 0 saturated heterocycles. The van der Waals surface area contributed by atoms with Gasteiger partial charge in [0.2, 0.25) is 0 Å². The monoisotopic (exact) mass is 350 g/mol. The number of aliphatic carboxylic acids is 1. The Morgan fingerprint density at radius 3 is 2.22 bits per heavy atom. The number of carboxylic acid groups (broad SMARTS) is 1. The summed E-state index contributed by atoms with van der Waals surface area (Å²) >= 11 is 0. The van der Waals surface area contributed by atoms with Crippen LogP contribution in [0.3, 0.4) is 0 Å². The van der Waals surface area contributed by atoms with E-state index >= 15 is 0 Å². The van der Waals surface area contributed by atoms with E-state index in [-0.39, 0.29) is 11.1 Å². The SMILES string of the molecule is COc1ccc(C(C)(O[Si](C)(C)C)C(F)(F)F)c(CC(=O)O)c1. The molecule has 1 aromatic carbocycles. The average molecular weight is 350 g/mol. The molecule has 0 aliphatic heterocycles. The maximum Gasteiger partial charge on any atom is 0.420 e. The molecule has 0 bridgehead atoms. The van der Waals surface area contributed by atoms with Crippen molar-refractivity contribution in [3.8, 4) is 5.75 Å². The molecule has 130 valence electrons. The van der Waals surface area contributed by atoms with Crippen LogP contribution < -0.4 is 4.74 Å². The van der Waals surface area contributed by atoms with Crippen LogP contribution in [0.15, 0.2) is 18.2 Å². The molecule has 1 rings (SSSR count). The predicted molar refractivity (Wildman–Crippen MR) is 82.2 cm³/mol. The average Bonchev–Trinajstić information content (AvgIpc) is 2.34. The van der Waals surface area contributed by atoms with Gasteiger partial charge in [0, 0.05) is 0 Å². The van der Waals surface area contributed by atoms with Crippen LogP contribution in [-0.2, 0) is 21.2 Å². The molecule has 0 radical (unpaired) electrons. The van der Waals surface area contributed by atoms with E-state index in [1.165, 1.54) is 25.3 Å². The van der Waals surface area contributed by atoms with Gasteiger partial charge in [0.05, 0.1) is 13.5 Å². The standard InChI is InChI=1S/C15H21F3O4Si/c1-14(15(16,17)18,22-23(3,4)5)12-7-6-11(21-2)8-10(12)9-13(19)20/h6-8H,9H2,1-5H3,(H,19,20). The van der Waals surface area contributed by atoms with Gasteiger partial charge >= 0.3 is 12.1 Å². The highest BCUT2D eigenvalue weighted by molar-refractivity contribution is 6.69.